The van der Waals surface area contributed by atoms with E-state index in [0.29, 0.717) is 19.1 Å². The van der Waals surface area contributed by atoms with E-state index in [-0.39, 0.29) is 5.60 Å². The monoisotopic (exact) mass is 209 g/mol. The van der Waals surface area contributed by atoms with Crippen LogP contribution in [0.15, 0.2) is 12.4 Å². The first-order valence-corrected chi connectivity index (χ1v) is 5.20. The van der Waals surface area contributed by atoms with Gasteiger partial charge in [0.15, 0.2) is 0 Å². The number of anilines is 1. The van der Waals surface area contributed by atoms with Gasteiger partial charge in [-0.1, -0.05) is 0 Å². The molecule has 1 rings (SSSR count). The second-order valence-electron chi connectivity index (χ2n) is 4.13. The van der Waals surface area contributed by atoms with Crippen molar-refractivity contribution in [2.75, 3.05) is 18.5 Å². The maximum absolute atomic E-state index is 5.56. The Bertz CT molecular complexity index is 295. The van der Waals surface area contributed by atoms with E-state index in [9.17, 15) is 0 Å². The van der Waals surface area contributed by atoms with Gasteiger partial charge in [-0.15, -0.1) is 0 Å². The second kappa shape index (κ2) is 5.07. The third-order valence-electron chi connectivity index (χ3n) is 1.99. The normalized spacial score (nSPS) is 11.5. The smallest absolute Gasteiger partial charge is 0.222 e. The van der Waals surface area contributed by atoms with Gasteiger partial charge in [0.05, 0.1) is 5.60 Å². The van der Waals surface area contributed by atoms with Crippen molar-refractivity contribution in [2.45, 2.75) is 33.3 Å². The molecule has 0 saturated heterocycles. The van der Waals surface area contributed by atoms with E-state index >= 15 is 0 Å². The number of rotatable bonds is 5. The largest absolute Gasteiger partial charge is 0.374 e. The predicted molar refractivity (Wildman–Crippen MR) is 61.0 cm³/mol. The van der Waals surface area contributed by atoms with Crippen molar-refractivity contribution in [1.29, 1.82) is 0 Å². The van der Waals surface area contributed by atoms with Gasteiger partial charge in [0.1, 0.15) is 0 Å². The van der Waals surface area contributed by atoms with Gasteiger partial charge in [0.2, 0.25) is 5.95 Å². The average molecular weight is 209 g/mol. The van der Waals surface area contributed by atoms with Gasteiger partial charge in [-0.3, -0.25) is 0 Å². The summed E-state index contributed by atoms with van der Waals surface area (Å²) in [4.78, 5) is 8.33. The van der Waals surface area contributed by atoms with E-state index in [4.69, 9.17) is 4.74 Å². The zero-order valence-corrected chi connectivity index (χ0v) is 9.87. The molecule has 0 unspecified atom stereocenters. The Labute approximate surface area is 91.1 Å². The predicted octanol–water partition coefficient (Wildman–Crippen LogP) is 2.01. The molecule has 0 radical (unpaired) electrons. The lowest BCUT2D eigenvalue weighted by atomic mass is 10.1. The van der Waals surface area contributed by atoms with Crippen LogP contribution < -0.4 is 5.32 Å². The van der Waals surface area contributed by atoms with Crippen LogP contribution in [0.4, 0.5) is 5.95 Å². The van der Waals surface area contributed by atoms with Gasteiger partial charge in [-0.2, -0.15) is 0 Å². The fraction of sp³-hybridized carbons (Fsp3) is 0.636. The molecule has 0 amide bonds. The van der Waals surface area contributed by atoms with Crippen LogP contribution in [0.3, 0.4) is 0 Å². The van der Waals surface area contributed by atoms with Crippen LogP contribution in [0.5, 0.6) is 0 Å². The zero-order chi connectivity index (χ0) is 11.3. The molecular weight excluding hydrogens is 190 g/mol. The van der Waals surface area contributed by atoms with E-state index in [0.717, 1.165) is 5.56 Å². The molecule has 0 aliphatic rings. The summed E-state index contributed by atoms with van der Waals surface area (Å²) in [5.41, 5.74) is 0.868. The topological polar surface area (TPSA) is 47.0 Å². The number of nitrogens with zero attached hydrogens (tertiary/aromatic N) is 2. The first-order chi connectivity index (χ1) is 7.03. The molecule has 4 heteroatoms. The molecule has 0 aliphatic heterocycles. The molecule has 1 heterocycles. The molecule has 15 heavy (non-hydrogen) atoms. The van der Waals surface area contributed by atoms with Crippen LogP contribution >= 0.6 is 0 Å². The van der Waals surface area contributed by atoms with E-state index < -0.39 is 0 Å². The Hall–Kier alpha value is -1.16. The Morgan fingerprint density at radius 2 is 1.93 bits per heavy atom. The van der Waals surface area contributed by atoms with Crippen molar-refractivity contribution in [1.82, 2.24) is 9.97 Å². The summed E-state index contributed by atoms with van der Waals surface area (Å²) in [5, 5.41) is 3.15. The van der Waals surface area contributed by atoms with Crippen LogP contribution in [0.1, 0.15) is 26.3 Å². The molecule has 84 valence electrons. The van der Waals surface area contributed by atoms with Crippen molar-refractivity contribution in [3.8, 4) is 0 Å². The highest BCUT2D eigenvalue weighted by Gasteiger charge is 2.17. The summed E-state index contributed by atoms with van der Waals surface area (Å²) in [6.07, 6.45) is 3.59. The molecule has 0 spiro atoms. The van der Waals surface area contributed by atoms with Gasteiger partial charge >= 0.3 is 0 Å². The fourth-order valence-electron chi connectivity index (χ4n) is 1.22. The number of aryl methyl sites for hydroxylation is 1. The van der Waals surface area contributed by atoms with Crippen LogP contribution in [0.25, 0.3) is 0 Å². The van der Waals surface area contributed by atoms with Gasteiger partial charge in [0.25, 0.3) is 0 Å². The fourth-order valence-corrected chi connectivity index (χ4v) is 1.22. The Morgan fingerprint density at radius 1 is 1.33 bits per heavy atom. The third kappa shape index (κ3) is 4.25. The number of aromatic nitrogens is 2. The minimum atomic E-state index is -0.191. The molecule has 1 N–H and O–H groups in total. The minimum Gasteiger partial charge on any atom is -0.374 e. The summed E-state index contributed by atoms with van der Waals surface area (Å²) in [7, 11) is 0. The first kappa shape index (κ1) is 11.9. The van der Waals surface area contributed by atoms with Crippen LogP contribution in [-0.4, -0.2) is 28.7 Å². The Balaban J connectivity index is 2.46. The van der Waals surface area contributed by atoms with Crippen molar-refractivity contribution in [3.63, 3.8) is 0 Å². The van der Waals surface area contributed by atoms with E-state index in [1.165, 1.54) is 0 Å². The Kier molecular flexibility index (Phi) is 4.03. The summed E-state index contributed by atoms with van der Waals surface area (Å²) in [6.45, 7) is 9.45. The molecule has 0 saturated carbocycles. The molecular formula is C11H19N3O. The van der Waals surface area contributed by atoms with Crippen LogP contribution in [-0.2, 0) is 4.74 Å². The van der Waals surface area contributed by atoms with E-state index in [2.05, 4.69) is 15.3 Å². The minimum absolute atomic E-state index is 0.191. The zero-order valence-electron chi connectivity index (χ0n) is 9.87. The lowest BCUT2D eigenvalue weighted by Gasteiger charge is -2.24. The second-order valence-corrected chi connectivity index (χ2v) is 4.13. The third-order valence-corrected chi connectivity index (χ3v) is 1.99. The molecule has 1 aromatic heterocycles. The van der Waals surface area contributed by atoms with Crippen LogP contribution in [0.2, 0.25) is 0 Å². The highest BCUT2D eigenvalue weighted by atomic mass is 16.5. The van der Waals surface area contributed by atoms with Crippen molar-refractivity contribution in [2.24, 2.45) is 0 Å². The lowest BCUT2D eigenvalue weighted by molar-refractivity contribution is 0.000583. The van der Waals surface area contributed by atoms with Gasteiger partial charge in [0, 0.05) is 25.5 Å². The van der Waals surface area contributed by atoms with E-state index in [1.54, 1.807) is 12.4 Å². The quantitative estimate of drug-likeness (QED) is 0.806. The summed E-state index contributed by atoms with van der Waals surface area (Å²) < 4.78 is 5.56. The van der Waals surface area contributed by atoms with Gasteiger partial charge in [-0.05, 0) is 33.3 Å². The Morgan fingerprint density at radius 3 is 2.47 bits per heavy atom. The molecule has 1 aromatic rings. The van der Waals surface area contributed by atoms with Gasteiger partial charge < -0.3 is 10.1 Å². The van der Waals surface area contributed by atoms with Crippen molar-refractivity contribution >= 4 is 5.95 Å². The highest BCUT2D eigenvalue weighted by molar-refractivity contribution is 5.24. The molecule has 0 aromatic carbocycles. The summed E-state index contributed by atoms with van der Waals surface area (Å²) >= 11 is 0. The SMILES string of the molecule is CCOC(C)(C)CNc1ncc(C)cn1. The molecule has 0 aliphatic carbocycles. The molecule has 0 fully saturated rings. The number of nitrogens with one attached hydrogen (secondary N) is 1. The molecule has 4 nitrogen and oxygen atoms in total. The average Bonchev–Trinajstić information content (AvgIpc) is 2.17. The molecule has 0 bridgehead atoms. The van der Waals surface area contributed by atoms with Crippen LogP contribution in [0, 0.1) is 6.92 Å². The number of hydrogen-bond donors (Lipinski definition) is 1. The highest BCUT2D eigenvalue weighted by Crippen LogP contribution is 2.09. The summed E-state index contributed by atoms with van der Waals surface area (Å²) in [5.74, 6) is 0.647. The molecule has 0 atom stereocenters. The van der Waals surface area contributed by atoms with Crippen molar-refractivity contribution < 1.29 is 4.74 Å². The maximum atomic E-state index is 5.56. The lowest BCUT2D eigenvalue weighted by Crippen LogP contribution is -2.33. The van der Waals surface area contributed by atoms with Crippen molar-refractivity contribution in [3.05, 3.63) is 18.0 Å². The summed E-state index contributed by atoms with van der Waals surface area (Å²) in [6, 6.07) is 0. The standard InChI is InChI=1S/C11H19N3O/c1-5-15-11(3,4)8-14-10-12-6-9(2)7-13-10/h6-7H,5,8H2,1-4H3,(H,12,13,14). The van der Waals surface area contributed by atoms with E-state index in [1.807, 2.05) is 27.7 Å². The first-order valence-electron chi connectivity index (χ1n) is 5.20. The van der Waals surface area contributed by atoms with Gasteiger partial charge in [-0.25, -0.2) is 9.97 Å². The maximum Gasteiger partial charge on any atom is 0.222 e. The number of hydrogen-bond acceptors (Lipinski definition) is 4. The number of ether oxygens (including phenoxy) is 1.